The van der Waals surface area contributed by atoms with Gasteiger partial charge < -0.3 is 5.32 Å². The third kappa shape index (κ3) is 3.29. The van der Waals surface area contributed by atoms with Crippen LogP contribution in [0.3, 0.4) is 0 Å². The zero-order chi connectivity index (χ0) is 13.8. The molecule has 0 saturated carbocycles. The lowest BCUT2D eigenvalue weighted by atomic mass is 10.0. The highest BCUT2D eigenvalue weighted by Gasteiger charge is 2.11. The van der Waals surface area contributed by atoms with E-state index in [0.717, 1.165) is 0 Å². The lowest BCUT2D eigenvalue weighted by Gasteiger charge is -2.18. The second-order valence-electron chi connectivity index (χ2n) is 4.82. The third-order valence-corrected chi connectivity index (χ3v) is 3.16. The van der Waals surface area contributed by atoms with Crippen LogP contribution in [0.15, 0.2) is 41.5 Å². The van der Waals surface area contributed by atoms with Crippen molar-refractivity contribution >= 4 is 0 Å². The van der Waals surface area contributed by atoms with Gasteiger partial charge in [0, 0.05) is 18.9 Å². The van der Waals surface area contributed by atoms with Crippen molar-refractivity contribution in [2.24, 2.45) is 0 Å². The van der Waals surface area contributed by atoms with Gasteiger partial charge in [0.1, 0.15) is 0 Å². The van der Waals surface area contributed by atoms with E-state index in [1.807, 2.05) is 7.05 Å². The van der Waals surface area contributed by atoms with E-state index < -0.39 is 0 Å². The number of benzene rings is 1. The summed E-state index contributed by atoms with van der Waals surface area (Å²) in [6.45, 7) is 4.74. The van der Waals surface area contributed by atoms with Gasteiger partial charge in [-0.3, -0.25) is 4.57 Å². The van der Waals surface area contributed by atoms with Gasteiger partial charge in [-0.1, -0.05) is 29.3 Å². The molecular weight excluding hydrogens is 238 g/mol. The number of aryl methyl sites for hydroxylation is 2. The molecular formula is C15H19N3O. The van der Waals surface area contributed by atoms with Crippen LogP contribution in [0.5, 0.6) is 0 Å². The molecule has 1 atom stereocenters. The van der Waals surface area contributed by atoms with E-state index in [2.05, 4.69) is 42.3 Å². The molecule has 1 unspecified atom stereocenters. The quantitative estimate of drug-likeness (QED) is 0.909. The summed E-state index contributed by atoms with van der Waals surface area (Å²) in [7, 11) is 1.91. The van der Waals surface area contributed by atoms with Crippen LogP contribution in [0.2, 0.25) is 0 Å². The number of hydrogen-bond donors (Lipinski definition) is 1. The van der Waals surface area contributed by atoms with Crippen molar-refractivity contribution in [2.45, 2.75) is 26.4 Å². The van der Waals surface area contributed by atoms with Gasteiger partial charge >= 0.3 is 5.69 Å². The van der Waals surface area contributed by atoms with Crippen molar-refractivity contribution in [3.63, 3.8) is 0 Å². The van der Waals surface area contributed by atoms with Gasteiger partial charge in [-0.25, -0.2) is 9.78 Å². The Hall–Kier alpha value is -1.94. The van der Waals surface area contributed by atoms with Gasteiger partial charge in [-0.15, -0.1) is 0 Å². The predicted molar refractivity (Wildman–Crippen MR) is 76.2 cm³/mol. The summed E-state index contributed by atoms with van der Waals surface area (Å²) in [5.41, 5.74) is 3.44. The van der Waals surface area contributed by atoms with E-state index in [1.54, 1.807) is 16.8 Å². The number of nitrogens with zero attached hydrogens (tertiary/aromatic N) is 2. The molecule has 1 aromatic heterocycles. The molecule has 0 aliphatic carbocycles. The minimum Gasteiger partial charge on any atom is -0.312 e. The van der Waals surface area contributed by atoms with Crippen molar-refractivity contribution in [2.75, 3.05) is 7.05 Å². The third-order valence-electron chi connectivity index (χ3n) is 3.16. The first-order chi connectivity index (χ1) is 9.10. The van der Waals surface area contributed by atoms with E-state index in [1.165, 1.54) is 22.9 Å². The molecule has 100 valence electrons. The molecule has 0 saturated heterocycles. The van der Waals surface area contributed by atoms with Crippen LogP contribution in [-0.2, 0) is 6.54 Å². The molecule has 4 nitrogen and oxygen atoms in total. The number of hydrogen-bond acceptors (Lipinski definition) is 3. The monoisotopic (exact) mass is 257 g/mol. The Morgan fingerprint density at radius 1 is 1.26 bits per heavy atom. The van der Waals surface area contributed by atoms with Crippen molar-refractivity contribution in [3.8, 4) is 0 Å². The minimum atomic E-state index is -0.216. The molecule has 0 radical (unpaired) electrons. The standard InChI is InChI=1S/C15H19N3O/c1-11-7-12(2)9-13(8-11)14(16-3)10-18-6-4-5-17-15(18)19/h4-9,14,16H,10H2,1-3H3. The molecule has 4 heteroatoms. The van der Waals surface area contributed by atoms with Crippen LogP contribution < -0.4 is 11.0 Å². The number of likely N-dealkylation sites (N-methyl/N-ethyl adjacent to an activating group) is 1. The van der Waals surface area contributed by atoms with Crippen LogP contribution in [0, 0.1) is 13.8 Å². The average Bonchev–Trinajstić information content (AvgIpc) is 2.36. The van der Waals surface area contributed by atoms with Gasteiger partial charge in [0.25, 0.3) is 0 Å². The van der Waals surface area contributed by atoms with E-state index in [4.69, 9.17) is 0 Å². The van der Waals surface area contributed by atoms with Crippen LogP contribution in [0.4, 0.5) is 0 Å². The predicted octanol–water partition coefficient (Wildman–Crippen LogP) is 1.82. The zero-order valence-corrected chi connectivity index (χ0v) is 11.6. The largest absolute Gasteiger partial charge is 0.347 e. The number of nitrogens with one attached hydrogen (secondary N) is 1. The Bertz CT molecular complexity index is 599. The molecule has 1 N–H and O–H groups in total. The highest BCUT2D eigenvalue weighted by Crippen LogP contribution is 2.17. The van der Waals surface area contributed by atoms with E-state index in [-0.39, 0.29) is 11.7 Å². The topological polar surface area (TPSA) is 46.9 Å². The molecule has 1 heterocycles. The van der Waals surface area contributed by atoms with Crippen LogP contribution in [-0.4, -0.2) is 16.6 Å². The van der Waals surface area contributed by atoms with Crippen LogP contribution in [0.25, 0.3) is 0 Å². The van der Waals surface area contributed by atoms with Crippen molar-refractivity contribution in [1.82, 2.24) is 14.9 Å². The summed E-state index contributed by atoms with van der Waals surface area (Å²) in [4.78, 5) is 15.4. The second kappa shape index (κ2) is 5.80. The summed E-state index contributed by atoms with van der Waals surface area (Å²) < 4.78 is 1.62. The van der Waals surface area contributed by atoms with E-state index >= 15 is 0 Å². The fraction of sp³-hybridized carbons (Fsp3) is 0.333. The van der Waals surface area contributed by atoms with E-state index in [9.17, 15) is 4.79 Å². The maximum atomic E-state index is 11.7. The minimum absolute atomic E-state index is 0.0977. The molecule has 0 spiro atoms. The summed E-state index contributed by atoms with van der Waals surface area (Å²) >= 11 is 0. The molecule has 0 aliphatic heterocycles. The van der Waals surface area contributed by atoms with Gasteiger partial charge in [-0.05, 0) is 32.5 Å². The van der Waals surface area contributed by atoms with Crippen molar-refractivity contribution < 1.29 is 0 Å². The van der Waals surface area contributed by atoms with Gasteiger partial charge in [0.2, 0.25) is 0 Å². The smallest absolute Gasteiger partial charge is 0.312 e. The molecule has 1 aromatic carbocycles. The van der Waals surface area contributed by atoms with Crippen molar-refractivity contribution in [1.29, 1.82) is 0 Å². The lowest BCUT2D eigenvalue weighted by molar-refractivity contribution is 0.484. The molecule has 0 aliphatic rings. The molecule has 0 bridgehead atoms. The molecule has 2 rings (SSSR count). The van der Waals surface area contributed by atoms with E-state index in [0.29, 0.717) is 6.54 Å². The van der Waals surface area contributed by atoms with Gasteiger partial charge in [0.15, 0.2) is 0 Å². The number of rotatable bonds is 4. The Morgan fingerprint density at radius 3 is 2.53 bits per heavy atom. The summed E-state index contributed by atoms with van der Waals surface area (Å²) in [5.74, 6) is 0. The highest BCUT2D eigenvalue weighted by molar-refractivity contribution is 5.30. The maximum Gasteiger partial charge on any atom is 0.347 e. The molecule has 19 heavy (non-hydrogen) atoms. The first-order valence-electron chi connectivity index (χ1n) is 6.37. The fourth-order valence-electron chi connectivity index (χ4n) is 2.30. The van der Waals surface area contributed by atoms with Gasteiger partial charge in [0.05, 0.1) is 6.04 Å². The normalized spacial score (nSPS) is 12.4. The Kier molecular flexibility index (Phi) is 4.12. The lowest BCUT2D eigenvalue weighted by Crippen LogP contribution is -2.29. The summed E-state index contributed by atoms with van der Waals surface area (Å²) in [5, 5.41) is 3.26. The Balaban J connectivity index is 2.30. The summed E-state index contributed by atoms with van der Waals surface area (Å²) in [6.07, 6.45) is 3.28. The van der Waals surface area contributed by atoms with Crippen LogP contribution >= 0.6 is 0 Å². The SMILES string of the molecule is CNC(Cn1cccnc1=O)c1cc(C)cc(C)c1. The first-order valence-corrected chi connectivity index (χ1v) is 6.37. The highest BCUT2D eigenvalue weighted by atomic mass is 16.1. The Labute approximate surface area is 113 Å². The summed E-state index contributed by atoms with van der Waals surface area (Å²) in [6, 6.07) is 8.31. The fourth-order valence-corrected chi connectivity index (χ4v) is 2.30. The number of aromatic nitrogens is 2. The Morgan fingerprint density at radius 2 is 1.95 bits per heavy atom. The average molecular weight is 257 g/mol. The second-order valence-corrected chi connectivity index (χ2v) is 4.82. The molecule has 0 amide bonds. The zero-order valence-electron chi connectivity index (χ0n) is 11.6. The van der Waals surface area contributed by atoms with Crippen LogP contribution in [0.1, 0.15) is 22.7 Å². The molecule has 0 fully saturated rings. The van der Waals surface area contributed by atoms with Crippen molar-refractivity contribution in [3.05, 3.63) is 63.8 Å². The molecule has 2 aromatic rings. The maximum absolute atomic E-state index is 11.7. The van der Waals surface area contributed by atoms with Gasteiger partial charge in [-0.2, -0.15) is 0 Å². The first kappa shape index (κ1) is 13.5.